The summed E-state index contributed by atoms with van der Waals surface area (Å²) in [5, 5.41) is 2.93. The molecule has 116 valence electrons. The summed E-state index contributed by atoms with van der Waals surface area (Å²) in [6, 6.07) is 2.90. The molecule has 0 saturated heterocycles. The number of hydrogen-bond donors (Lipinski definition) is 1. The Hall–Kier alpha value is -1.83. The number of ether oxygens (including phenoxy) is 2. The van der Waals surface area contributed by atoms with E-state index in [-0.39, 0.29) is 6.61 Å². The summed E-state index contributed by atoms with van der Waals surface area (Å²) in [5.41, 5.74) is -1.36. The average molecular weight is 306 g/mol. The van der Waals surface area contributed by atoms with Crippen LogP contribution in [-0.4, -0.2) is 38.7 Å². The third-order valence-corrected chi connectivity index (χ3v) is 2.86. The van der Waals surface area contributed by atoms with Crippen LogP contribution in [0.15, 0.2) is 23.2 Å². The Morgan fingerprint density at radius 3 is 2.71 bits per heavy atom. The normalized spacial score (nSPS) is 16.3. The number of hydrogen-bond acceptors (Lipinski definition) is 4. The molecule has 1 atom stereocenters. The number of methoxy groups -OCH3 is 1. The molecule has 0 fully saturated rings. The number of aliphatic imine (C=N–C) groups is 1. The molecule has 1 aliphatic heterocycles. The Morgan fingerprint density at radius 1 is 1.38 bits per heavy atom. The Balaban J connectivity index is 2.25. The Kier molecular flexibility index (Phi) is 4.66. The van der Waals surface area contributed by atoms with Crippen LogP contribution in [0.3, 0.4) is 0 Å². The monoisotopic (exact) mass is 306 g/mol. The van der Waals surface area contributed by atoms with Crippen LogP contribution >= 0.6 is 0 Å². The summed E-state index contributed by atoms with van der Waals surface area (Å²) in [5.74, 6) is -1.48. The summed E-state index contributed by atoms with van der Waals surface area (Å²) in [6.45, 7) is 1.18. The maximum atomic E-state index is 13.9. The first-order valence-electron chi connectivity index (χ1n) is 6.23. The predicted molar refractivity (Wildman–Crippen MR) is 68.0 cm³/mol. The predicted octanol–water partition coefficient (Wildman–Crippen LogP) is 2.24. The lowest BCUT2D eigenvalue weighted by Gasteiger charge is -2.20. The van der Waals surface area contributed by atoms with Gasteiger partial charge in [0, 0.05) is 13.7 Å². The van der Waals surface area contributed by atoms with Gasteiger partial charge >= 0.3 is 6.18 Å². The first-order chi connectivity index (χ1) is 9.93. The van der Waals surface area contributed by atoms with Crippen molar-refractivity contribution in [1.29, 1.82) is 0 Å². The smallest absolute Gasteiger partial charge is 0.419 e. The van der Waals surface area contributed by atoms with Crippen LogP contribution in [0.5, 0.6) is 5.75 Å². The van der Waals surface area contributed by atoms with Gasteiger partial charge in [-0.2, -0.15) is 13.2 Å². The Labute approximate surface area is 118 Å². The van der Waals surface area contributed by atoms with Crippen molar-refractivity contribution in [2.75, 3.05) is 26.8 Å². The number of amidine groups is 1. The summed E-state index contributed by atoms with van der Waals surface area (Å²) in [4.78, 5) is 4.11. The molecule has 0 saturated carbocycles. The van der Waals surface area contributed by atoms with Crippen molar-refractivity contribution in [3.05, 3.63) is 29.6 Å². The maximum Gasteiger partial charge on any atom is 0.419 e. The molecule has 1 heterocycles. The van der Waals surface area contributed by atoms with E-state index in [0.29, 0.717) is 25.0 Å². The third-order valence-electron chi connectivity index (χ3n) is 2.86. The summed E-state index contributed by atoms with van der Waals surface area (Å²) in [7, 11) is 1.41. The molecule has 21 heavy (non-hydrogen) atoms. The molecule has 0 spiro atoms. The van der Waals surface area contributed by atoms with Gasteiger partial charge in [-0.05, 0) is 12.1 Å². The highest BCUT2D eigenvalue weighted by Crippen LogP contribution is 2.35. The van der Waals surface area contributed by atoms with E-state index in [1.165, 1.54) is 7.11 Å². The zero-order valence-corrected chi connectivity index (χ0v) is 11.2. The van der Waals surface area contributed by atoms with E-state index < -0.39 is 29.4 Å². The highest BCUT2D eigenvalue weighted by Gasteiger charge is 2.35. The molecule has 1 aliphatic rings. The number of alkyl halides is 3. The molecule has 0 aliphatic carbocycles. The van der Waals surface area contributed by atoms with E-state index in [4.69, 9.17) is 9.47 Å². The third kappa shape index (κ3) is 3.63. The van der Waals surface area contributed by atoms with Gasteiger partial charge in [-0.3, -0.25) is 4.99 Å². The van der Waals surface area contributed by atoms with E-state index in [9.17, 15) is 17.6 Å². The Bertz CT molecular complexity index is 531. The van der Waals surface area contributed by atoms with Crippen molar-refractivity contribution in [2.45, 2.75) is 12.3 Å². The number of halogens is 4. The molecule has 4 nitrogen and oxygen atoms in total. The first kappa shape index (κ1) is 15.6. The Morgan fingerprint density at radius 2 is 2.14 bits per heavy atom. The summed E-state index contributed by atoms with van der Waals surface area (Å²) in [6.07, 6.45) is -5.56. The van der Waals surface area contributed by atoms with Gasteiger partial charge in [0.25, 0.3) is 0 Å². The topological polar surface area (TPSA) is 42.9 Å². The quantitative estimate of drug-likeness (QED) is 0.849. The fraction of sp³-hybridized carbons (Fsp3) is 0.462. The molecular formula is C13H14F4N2O2. The van der Waals surface area contributed by atoms with Crippen molar-refractivity contribution >= 4 is 5.84 Å². The molecule has 1 unspecified atom stereocenters. The SMILES string of the molecule is COCC(Oc1cccc(C(F)(F)F)c1F)C1=NCCN1. The maximum absolute atomic E-state index is 13.9. The molecule has 0 radical (unpaired) electrons. The fourth-order valence-corrected chi connectivity index (χ4v) is 1.93. The van der Waals surface area contributed by atoms with E-state index in [0.717, 1.165) is 12.1 Å². The summed E-state index contributed by atoms with van der Waals surface area (Å²) < 4.78 is 62.1. The zero-order chi connectivity index (χ0) is 15.5. The summed E-state index contributed by atoms with van der Waals surface area (Å²) >= 11 is 0. The van der Waals surface area contributed by atoms with Gasteiger partial charge < -0.3 is 14.8 Å². The van der Waals surface area contributed by atoms with Gasteiger partial charge in [-0.1, -0.05) is 6.07 Å². The van der Waals surface area contributed by atoms with Crippen molar-refractivity contribution in [1.82, 2.24) is 5.32 Å². The first-order valence-corrected chi connectivity index (χ1v) is 6.23. The van der Waals surface area contributed by atoms with Gasteiger partial charge in [-0.15, -0.1) is 0 Å². The van der Waals surface area contributed by atoms with E-state index >= 15 is 0 Å². The number of benzene rings is 1. The van der Waals surface area contributed by atoms with Gasteiger partial charge in [-0.25, -0.2) is 4.39 Å². The second kappa shape index (κ2) is 6.30. The average Bonchev–Trinajstić information content (AvgIpc) is 2.93. The number of nitrogens with zero attached hydrogens (tertiary/aromatic N) is 1. The molecule has 1 N–H and O–H groups in total. The van der Waals surface area contributed by atoms with Crippen LogP contribution in [0, 0.1) is 5.82 Å². The lowest BCUT2D eigenvalue weighted by atomic mass is 10.2. The van der Waals surface area contributed by atoms with Crippen molar-refractivity contribution < 1.29 is 27.0 Å². The molecule has 0 aromatic heterocycles. The van der Waals surface area contributed by atoms with E-state index in [2.05, 4.69) is 10.3 Å². The lowest BCUT2D eigenvalue weighted by Crippen LogP contribution is -2.39. The molecular weight excluding hydrogens is 292 g/mol. The van der Waals surface area contributed by atoms with Crippen LogP contribution < -0.4 is 10.1 Å². The second-order valence-corrected chi connectivity index (χ2v) is 4.37. The van der Waals surface area contributed by atoms with Crippen LogP contribution in [0.2, 0.25) is 0 Å². The number of rotatable bonds is 5. The second-order valence-electron chi connectivity index (χ2n) is 4.37. The molecule has 0 amide bonds. The van der Waals surface area contributed by atoms with Crippen molar-refractivity contribution in [3.8, 4) is 5.75 Å². The minimum Gasteiger partial charge on any atom is -0.477 e. The number of nitrogens with one attached hydrogen (secondary N) is 1. The fourth-order valence-electron chi connectivity index (χ4n) is 1.93. The van der Waals surface area contributed by atoms with E-state index in [1.54, 1.807) is 0 Å². The molecule has 1 aromatic rings. The minimum atomic E-state index is -4.77. The highest BCUT2D eigenvalue weighted by molar-refractivity contribution is 5.88. The largest absolute Gasteiger partial charge is 0.477 e. The van der Waals surface area contributed by atoms with Gasteiger partial charge in [0.1, 0.15) is 5.84 Å². The van der Waals surface area contributed by atoms with Crippen LogP contribution in [0.25, 0.3) is 0 Å². The minimum absolute atomic E-state index is 0.0432. The highest BCUT2D eigenvalue weighted by atomic mass is 19.4. The van der Waals surface area contributed by atoms with E-state index in [1.807, 2.05) is 0 Å². The molecule has 0 bridgehead atoms. The lowest BCUT2D eigenvalue weighted by molar-refractivity contribution is -0.140. The molecule has 8 heteroatoms. The van der Waals surface area contributed by atoms with Gasteiger partial charge in [0.2, 0.25) is 0 Å². The van der Waals surface area contributed by atoms with Crippen molar-refractivity contribution in [2.24, 2.45) is 4.99 Å². The molecule has 2 rings (SSSR count). The van der Waals surface area contributed by atoms with Crippen molar-refractivity contribution in [3.63, 3.8) is 0 Å². The van der Waals surface area contributed by atoms with Gasteiger partial charge in [0.15, 0.2) is 17.7 Å². The van der Waals surface area contributed by atoms with Crippen LogP contribution in [-0.2, 0) is 10.9 Å². The standard InChI is InChI=1S/C13H14F4N2O2/c1-20-7-10(12-18-5-6-19-12)21-9-4-2-3-8(11(9)14)13(15,16)17/h2-4,10H,5-7H2,1H3,(H,18,19). The van der Waals surface area contributed by atoms with Gasteiger partial charge in [0.05, 0.1) is 18.7 Å². The zero-order valence-electron chi connectivity index (χ0n) is 11.2. The van der Waals surface area contributed by atoms with Crippen LogP contribution in [0.4, 0.5) is 17.6 Å². The molecule has 1 aromatic carbocycles. The van der Waals surface area contributed by atoms with Crippen LogP contribution in [0.1, 0.15) is 5.56 Å².